The Morgan fingerprint density at radius 2 is 2.27 bits per heavy atom. The number of aromatic amines is 1. The second-order valence-electron chi connectivity index (χ2n) is 5.72. The highest BCUT2D eigenvalue weighted by Gasteiger charge is 2.43. The van der Waals surface area contributed by atoms with E-state index in [-0.39, 0.29) is 24.2 Å². The van der Waals surface area contributed by atoms with Crippen molar-refractivity contribution < 1.29 is 13.9 Å². The summed E-state index contributed by atoms with van der Waals surface area (Å²) in [7, 11) is 0. The minimum Gasteiger partial charge on any atom is -0.423 e. The summed E-state index contributed by atoms with van der Waals surface area (Å²) >= 11 is 0. The summed E-state index contributed by atoms with van der Waals surface area (Å²) in [6, 6.07) is 1.81. The lowest BCUT2D eigenvalue weighted by Gasteiger charge is -2.34. The van der Waals surface area contributed by atoms with Crippen LogP contribution in [0.4, 0.5) is 0 Å². The number of carbonyl (C=O) groups excluding carboxylic acids is 1. The first-order chi connectivity index (χ1) is 10.7. The molecule has 3 atom stereocenters. The average molecular weight is 303 g/mol. The predicted molar refractivity (Wildman–Crippen MR) is 73.9 cm³/mol. The number of ether oxygens (including phenoxy) is 1. The van der Waals surface area contributed by atoms with Crippen LogP contribution in [-0.4, -0.2) is 49.9 Å². The number of amides is 1. The van der Waals surface area contributed by atoms with Crippen LogP contribution in [0.1, 0.15) is 47.6 Å². The average Bonchev–Trinajstić information content (AvgIpc) is 3.26. The van der Waals surface area contributed by atoms with E-state index in [1.165, 1.54) is 0 Å². The van der Waals surface area contributed by atoms with E-state index in [4.69, 9.17) is 9.15 Å². The first-order valence-corrected chi connectivity index (χ1v) is 7.48. The summed E-state index contributed by atoms with van der Waals surface area (Å²) in [4.78, 5) is 14.4. The highest BCUT2D eigenvalue weighted by atomic mass is 16.5. The predicted octanol–water partition coefficient (Wildman–Crippen LogP) is 1.24. The maximum absolute atomic E-state index is 12.5. The molecule has 0 aliphatic carbocycles. The van der Waals surface area contributed by atoms with E-state index < -0.39 is 0 Å². The van der Waals surface area contributed by atoms with Gasteiger partial charge in [-0.1, -0.05) is 0 Å². The number of nitrogens with one attached hydrogen (secondary N) is 1. The third-order valence-corrected chi connectivity index (χ3v) is 4.36. The van der Waals surface area contributed by atoms with Gasteiger partial charge in [0.1, 0.15) is 11.8 Å². The zero-order valence-electron chi connectivity index (χ0n) is 12.2. The number of likely N-dealkylation sites (tertiary alicyclic amines) is 1. The highest BCUT2D eigenvalue weighted by molar-refractivity contribution is 5.92. The molecule has 2 aromatic heterocycles. The van der Waals surface area contributed by atoms with Crippen LogP contribution >= 0.6 is 0 Å². The molecule has 2 aromatic rings. The van der Waals surface area contributed by atoms with Gasteiger partial charge in [-0.3, -0.25) is 9.89 Å². The molecule has 4 rings (SSSR count). The fraction of sp³-hybridized carbons (Fsp3) is 0.571. The zero-order valence-corrected chi connectivity index (χ0v) is 12.2. The van der Waals surface area contributed by atoms with Crippen molar-refractivity contribution >= 4 is 5.91 Å². The molecule has 2 aliphatic heterocycles. The Kier molecular flexibility index (Phi) is 3.18. The van der Waals surface area contributed by atoms with Crippen molar-refractivity contribution in [2.24, 2.45) is 0 Å². The van der Waals surface area contributed by atoms with Gasteiger partial charge in [0.25, 0.3) is 5.91 Å². The zero-order chi connectivity index (χ0) is 15.1. The Labute approximate surface area is 126 Å². The van der Waals surface area contributed by atoms with Gasteiger partial charge < -0.3 is 14.1 Å². The number of fused-ring (bicyclic) bond motifs is 1. The van der Waals surface area contributed by atoms with E-state index in [1.54, 1.807) is 19.2 Å². The number of rotatable bonds is 2. The molecule has 22 heavy (non-hydrogen) atoms. The number of aromatic nitrogens is 4. The molecule has 0 radical (unpaired) electrons. The van der Waals surface area contributed by atoms with Crippen LogP contribution < -0.4 is 0 Å². The summed E-state index contributed by atoms with van der Waals surface area (Å²) in [5.41, 5.74) is 0.523. The van der Waals surface area contributed by atoms with Crippen LogP contribution in [0.25, 0.3) is 0 Å². The van der Waals surface area contributed by atoms with Crippen molar-refractivity contribution in [3.63, 3.8) is 0 Å². The number of hydrogen-bond donors (Lipinski definition) is 1. The highest BCUT2D eigenvalue weighted by Crippen LogP contribution is 2.37. The number of hydrogen-bond acceptors (Lipinski definition) is 6. The Balaban J connectivity index is 1.47. The molecule has 1 N–H and O–H groups in total. The molecule has 2 saturated heterocycles. The first kappa shape index (κ1) is 13.4. The van der Waals surface area contributed by atoms with Crippen LogP contribution in [0.3, 0.4) is 0 Å². The number of nitrogens with zero attached hydrogens (tertiary/aromatic N) is 4. The molecule has 116 valence electrons. The van der Waals surface area contributed by atoms with Crippen LogP contribution in [0.5, 0.6) is 0 Å². The van der Waals surface area contributed by atoms with Crippen molar-refractivity contribution in [2.75, 3.05) is 6.54 Å². The van der Waals surface area contributed by atoms with E-state index in [0.717, 1.165) is 19.3 Å². The van der Waals surface area contributed by atoms with Gasteiger partial charge in [0, 0.05) is 19.7 Å². The van der Waals surface area contributed by atoms with Gasteiger partial charge in [-0.15, -0.1) is 10.2 Å². The Hall–Kier alpha value is -2.22. The Morgan fingerprint density at radius 3 is 3.00 bits per heavy atom. The molecule has 1 amide bonds. The second-order valence-corrected chi connectivity index (χ2v) is 5.72. The molecule has 2 fully saturated rings. The smallest absolute Gasteiger partial charge is 0.272 e. The summed E-state index contributed by atoms with van der Waals surface area (Å²) in [6.07, 6.45) is 3.93. The van der Waals surface area contributed by atoms with Gasteiger partial charge in [-0.25, -0.2) is 0 Å². The van der Waals surface area contributed by atoms with E-state index in [1.807, 2.05) is 4.90 Å². The van der Waals surface area contributed by atoms with Gasteiger partial charge >= 0.3 is 0 Å². The monoisotopic (exact) mass is 303 g/mol. The topological polar surface area (TPSA) is 97.1 Å². The SMILES string of the molecule is Cc1nnc([C@H]2CC[C@@H]3[C@@H](CCN3C(=O)c3ccn[nH]3)O2)o1. The molecule has 0 saturated carbocycles. The standard InChI is InChI=1S/C14H17N5O3/c1-8-16-18-13(21-8)12-3-2-10-11(22-12)5-7-19(10)14(20)9-4-6-15-17-9/h4,6,10-12H,2-3,5,7H2,1H3,(H,15,17)/t10-,11-,12-/m1/s1. The lowest BCUT2D eigenvalue weighted by Crippen LogP contribution is -2.43. The lowest BCUT2D eigenvalue weighted by molar-refractivity contribution is -0.0777. The third-order valence-electron chi connectivity index (χ3n) is 4.36. The van der Waals surface area contributed by atoms with E-state index in [0.29, 0.717) is 24.0 Å². The maximum Gasteiger partial charge on any atom is 0.272 e. The maximum atomic E-state index is 12.5. The third kappa shape index (κ3) is 2.19. The summed E-state index contributed by atoms with van der Waals surface area (Å²) in [5.74, 6) is 1.07. The van der Waals surface area contributed by atoms with E-state index in [2.05, 4.69) is 20.4 Å². The van der Waals surface area contributed by atoms with Gasteiger partial charge in [0.15, 0.2) is 0 Å². The molecule has 0 spiro atoms. The van der Waals surface area contributed by atoms with Crippen molar-refractivity contribution in [3.8, 4) is 0 Å². The summed E-state index contributed by atoms with van der Waals surface area (Å²) in [6.45, 7) is 2.46. The molecule has 2 aliphatic rings. The summed E-state index contributed by atoms with van der Waals surface area (Å²) < 4.78 is 11.6. The van der Waals surface area contributed by atoms with Gasteiger partial charge in [-0.05, 0) is 25.3 Å². The van der Waals surface area contributed by atoms with Gasteiger partial charge in [0.05, 0.1) is 12.1 Å². The van der Waals surface area contributed by atoms with Crippen molar-refractivity contribution in [2.45, 2.75) is 44.4 Å². The van der Waals surface area contributed by atoms with Crippen LogP contribution in [0.15, 0.2) is 16.7 Å². The molecule has 8 heteroatoms. The number of carbonyl (C=O) groups is 1. The normalized spacial score (nSPS) is 27.9. The minimum absolute atomic E-state index is 0.0133. The quantitative estimate of drug-likeness (QED) is 0.896. The molecular formula is C14H17N5O3. The fourth-order valence-electron chi connectivity index (χ4n) is 3.33. The molecule has 8 nitrogen and oxygen atoms in total. The van der Waals surface area contributed by atoms with Crippen molar-refractivity contribution in [1.29, 1.82) is 0 Å². The van der Waals surface area contributed by atoms with Crippen LogP contribution in [-0.2, 0) is 4.74 Å². The van der Waals surface area contributed by atoms with E-state index in [9.17, 15) is 4.79 Å². The minimum atomic E-state index is -0.162. The fourth-order valence-corrected chi connectivity index (χ4v) is 3.33. The van der Waals surface area contributed by atoms with Crippen molar-refractivity contribution in [1.82, 2.24) is 25.3 Å². The molecule has 0 bridgehead atoms. The number of H-pyrrole nitrogens is 1. The molecular weight excluding hydrogens is 286 g/mol. The molecule has 0 aromatic carbocycles. The largest absolute Gasteiger partial charge is 0.423 e. The number of aryl methyl sites for hydroxylation is 1. The summed E-state index contributed by atoms with van der Waals surface area (Å²) in [5, 5.41) is 14.5. The van der Waals surface area contributed by atoms with Gasteiger partial charge in [-0.2, -0.15) is 5.10 Å². The lowest BCUT2D eigenvalue weighted by atomic mass is 9.99. The van der Waals surface area contributed by atoms with E-state index >= 15 is 0 Å². The molecule has 0 unspecified atom stereocenters. The first-order valence-electron chi connectivity index (χ1n) is 7.48. The second kappa shape index (κ2) is 5.20. The molecule has 4 heterocycles. The Bertz CT molecular complexity index is 668. The Morgan fingerprint density at radius 1 is 1.36 bits per heavy atom. The van der Waals surface area contributed by atoms with Gasteiger partial charge in [0.2, 0.25) is 11.8 Å². The van der Waals surface area contributed by atoms with Crippen LogP contribution in [0.2, 0.25) is 0 Å². The van der Waals surface area contributed by atoms with Crippen molar-refractivity contribution in [3.05, 3.63) is 29.7 Å². The van der Waals surface area contributed by atoms with Crippen LogP contribution in [0, 0.1) is 6.92 Å².